The van der Waals surface area contributed by atoms with Crippen molar-refractivity contribution in [2.75, 3.05) is 5.32 Å². The van der Waals surface area contributed by atoms with Gasteiger partial charge in [-0.15, -0.1) is 12.4 Å². The normalized spacial score (nSPS) is 16.4. The molecule has 4 N–H and O–H groups in total. The molecule has 0 bridgehead atoms. The van der Waals surface area contributed by atoms with Crippen molar-refractivity contribution in [2.24, 2.45) is 0 Å². The van der Waals surface area contributed by atoms with Crippen molar-refractivity contribution in [3.8, 4) is 0 Å². The molecule has 0 aliphatic heterocycles. The zero-order valence-electron chi connectivity index (χ0n) is 12.9. The summed E-state index contributed by atoms with van der Waals surface area (Å²) < 4.78 is 0. The lowest BCUT2D eigenvalue weighted by molar-refractivity contribution is 0.255. The molecular formula is C16H23ClN4O. The molecule has 2 rings (SSSR count). The largest absolute Gasteiger partial charge is 0.353 e. The molecule has 0 saturated carbocycles. The van der Waals surface area contributed by atoms with Crippen molar-refractivity contribution in [3.63, 3.8) is 0 Å². The molecule has 1 atom stereocenters. The van der Waals surface area contributed by atoms with Gasteiger partial charge in [0.05, 0.1) is 0 Å². The Bertz CT molecular complexity index is 551. The minimum atomic E-state index is -0.392. The Kier molecular flexibility index (Phi) is 6.92. The van der Waals surface area contributed by atoms with Crippen LogP contribution in [0.15, 0.2) is 30.4 Å². The van der Waals surface area contributed by atoms with Crippen molar-refractivity contribution in [1.29, 1.82) is 5.41 Å². The molecule has 0 aromatic heterocycles. The van der Waals surface area contributed by atoms with E-state index < -0.39 is 6.03 Å². The van der Waals surface area contributed by atoms with Gasteiger partial charge in [0.15, 0.2) is 5.96 Å². The van der Waals surface area contributed by atoms with E-state index in [1.165, 1.54) is 0 Å². The minimum Gasteiger partial charge on any atom is -0.353 e. The third-order valence-electron chi connectivity index (χ3n) is 3.58. The molecule has 120 valence electrons. The van der Waals surface area contributed by atoms with Gasteiger partial charge in [-0.3, -0.25) is 10.7 Å². The topological polar surface area (TPSA) is 77.0 Å². The smallest absolute Gasteiger partial charge is 0.326 e. The summed E-state index contributed by atoms with van der Waals surface area (Å²) in [6.45, 7) is 3.89. The van der Waals surface area contributed by atoms with Crippen LogP contribution in [0.3, 0.4) is 0 Å². The molecule has 1 aliphatic rings. The maximum atomic E-state index is 12.0. The number of anilines is 1. The number of hydrogen-bond donors (Lipinski definition) is 4. The van der Waals surface area contributed by atoms with E-state index in [0.29, 0.717) is 0 Å². The van der Waals surface area contributed by atoms with Crippen molar-refractivity contribution in [3.05, 3.63) is 41.5 Å². The standard InChI is InChI=1S/C16H22N4O.ClH/c1-11-7-6-8-12(2)14(11)19-16(21)20-15(17)18-13-9-4-3-5-10-13;/h3-4,6-8,13H,5,9-10H2,1-2H3,(H4,17,18,19,20,21);1H. The number of halogens is 1. The monoisotopic (exact) mass is 322 g/mol. The quantitative estimate of drug-likeness (QED) is 0.382. The van der Waals surface area contributed by atoms with Crippen LogP contribution in [0.1, 0.15) is 30.4 Å². The predicted molar refractivity (Wildman–Crippen MR) is 93.0 cm³/mol. The second-order valence-corrected chi connectivity index (χ2v) is 5.35. The van der Waals surface area contributed by atoms with Gasteiger partial charge in [-0.1, -0.05) is 30.4 Å². The number of carbonyl (C=O) groups is 1. The van der Waals surface area contributed by atoms with Crippen molar-refractivity contribution >= 4 is 30.1 Å². The predicted octanol–water partition coefficient (Wildman–Crippen LogP) is 3.48. The third kappa shape index (κ3) is 5.07. The lowest BCUT2D eigenvalue weighted by atomic mass is 10.0. The Morgan fingerprint density at radius 1 is 1.23 bits per heavy atom. The Morgan fingerprint density at radius 2 is 1.91 bits per heavy atom. The maximum absolute atomic E-state index is 12.0. The first-order valence-electron chi connectivity index (χ1n) is 7.20. The van der Waals surface area contributed by atoms with E-state index >= 15 is 0 Å². The number of urea groups is 1. The Labute approximate surface area is 137 Å². The number of nitrogens with one attached hydrogen (secondary N) is 4. The molecule has 5 nitrogen and oxygen atoms in total. The van der Waals surface area contributed by atoms with Crippen LogP contribution in [-0.2, 0) is 0 Å². The van der Waals surface area contributed by atoms with Crippen LogP contribution >= 0.6 is 12.4 Å². The summed E-state index contributed by atoms with van der Waals surface area (Å²) in [7, 11) is 0. The van der Waals surface area contributed by atoms with Gasteiger partial charge in [0.2, 0.25) is 0 Å². The lowest BCUT2D eigenvalue weighted by Gasteiger charge is -2.21. The highest BCUT2D eigenvalue weighted by atomic mass is 35.5. The van der Waals surface area contributed by atoms with Crippen molar-refractivity contribution < 1.29 is 4.79 Å². The fourth-order valence-corrected chi connectivity index (χ4v) is 2.43. The summed E-state index contributed by atoms with van der Waals surface area (Å²) in [6, 6.07) is 5.67. The first-order valence-corrected chi connectivity index (χ1v) is 7.20. The van der Waals surface area contributed by atoms with E-state index in [0.717, 1.165) is 36.1 Å². The van der Waals surface area contributed by atoms with Crippen LogP contribution in [0.25, 0.3) is 0 Å². The first-order chi connectivity index (χ1) is 10.1. The summed E-state index contributed by atoms with van der Waals surface area (Å²) in [5, 5.41) is 16.2. The second kappa shape index (κ2) is 8.44. The van der Waals surface area contributed by atoms with Gasteiger partial charge < -0.3 is 10.6 Å². The van der Waals surface area contributed by atoms with E-state index in [-0.39, 0.29) is 24.4 Å². The highest BCUT2D eigenvalue weighted by Crippen LogP contribution is 2.19. The van der Waals surface area contributed by atoms with Gasteiger partial charge >= 0.3 is 6.03 Å². The number of aryl methyl sites for hydroxylation is 2. The Morgan fingerprint density at radius 3 is 2.50 bits per heavy atom. The van der Waals surface area contributed by atoms with Gasteiger partial charge in [0.1, 0.15) is 0 Å². The van der Waals surface area contributed by atoms with Crippen LogP contribution in [0, 0.1) is 19.3 Å². The molecule has 6 heteroatoms. The maximum Gasteiger partial charge on any atom is 0.326 e. The molecule has 1 unspecified atom stereocenters. The van der Waals surface area contributed by atoms with Crippen LogP contribution in [0.4, 0.5) is 10.5 Å². The highest BCUT2D eigenvalue weighted by Gasteiger charge is 2.13. The first kappa shape index (κ1) is 18.0. The summed E-state index contributed by atoms with van der Waals surface area (Å²) in [4.78, 5) is 12.0. The molecule has 1 aromatic carbocycles. The number of allylic oxidation sites excluding steroid dienone is 1. The lowest BCUT2D eigenvalue weighted by Crippen LogP contribution is -2.46. The number of guanidine groups is 1. The second-order valence-electron chi connectivity index (χ2n) is 5.35. The minimum absolute atomic E-state index is 0. The van der Waals surface area contributed by atoms with Gasteiger partial charge in [0, 0.05) is 11.7 Å². The van der Waals surface area contributed by atoms with Crippen LogP contribution in [-0.4, -0.2) is 18.0 Å². The summed E-state index contributed by atoms with van der Waals surface area (Å²) in [5.41, 5.74) is 2.80. The molecular weight excluding hydrogens is 300 g/mol. The SMILES string of the molecule is Cc1cccc(C)c1NC(=O)NC(=N)NC1CC=CCC1.Cl. The number of amides is 2. The molecule has 0 heterocycles. The molecule has 2 amide bonds. The molecule has 0 radical (unpaired) electrons. The van der Waals surface area contributed by atoms with Crippen LogP contribution < -0.4 is 16.0 Å². The molecule has 22 heavy (non-hydrogen) atoms. The molecule has 1 aliphatic carbocycles. The average molecular weight is 323 g/mol. The number of hydrogen-bond acceptors (Lipinski definition) is 2. The van der Waals surface area contributed by atoms with E-state index in [1.807, 2.05) is 32.0 Å². The Balaban J connectivity index is 0.00000242. The number of rotatable bonds is 2. The summed E-state index contributed by atoms with van der Waals surface area (Å²) in [6.07, 6.45) is 7.13. The average Bonchev–Trinajstić information content (AvgIpc) is 2.44. The van der Waals surface area contributed by atoms with Gasteiger partial charge in [-0.05, 0) is 44.2 Å². The number of para-hydroxylation sites is 1. The molecule has 0 fully saturated rings. The zero-order chi connectivity index (χ0) is 15.2. The molecule has 0 spiro atoms. The van der Waals surface area contributed by atoms with E-state index in [1.54, 1.807) is 0 Å². The molecule has 0 saturated heterocycles. The van der Waals surface area contributed by atoms with Gasteiger partial charge in [-0.2, -0.15) is 0 Å². The van der Waals surface area contributed by atoms with Crippen molar-refractivity contribution in [1.82, 2.24) is 10.6 Å². The summed E-state index contributed by atoms with van der Waals surface area (Å²) in [5.74, 6) is 0.0408. The zero-order valence-corrected chi connectivity index (χ0v) is 13.7. The van der Waals surface area contributed by atoms with Gasteiger partial charge in [0.25, 0.3) is 0 Å². The fourth-order valence-electron chi connectivity index (χ4n) is 2.43. The summed E-state index contributed by atoms with van der Waals surface area (Å²) >= 11 is 0. The van der Waals surface area contributed by atoms with Gasteiger partial charge in [-0.25, -0.2) is 4.79 Å². The van der Waals surface area contributed by atoms with E-state index in [2.05, 4.69) is 28.1 Å². The third-order valence-corrected chi connectivity index (χ3v) is 3.58. The van der Waals surface area contributed by atoms with Crippen molar-refractivity contribution in [2.45, 2.75) is 39.2 Å². The van der Waals surface area contributed by atoms with E-state index in [9.17, 15) is 4.79 Å². The molecule has 1 aromatic rings. The number of benzene rings is 1. The van der Waals surface area contributed by atoms with E-state index in [4.69, 9.17) is 5.41 Å². The van der Waals surface area contributed by atoms with Crippen LogP contribution in [0.5, 0.6) is 0 Å². The number of carbonyl (C=O) groups excluding carboxylic acids is 1. The highest BCUT2D eigenvalue weighted by molar-refractivity contribution is 6.02. The Hall–Kier alpha value is -2.01. The van der Waals surface area contributed by atoms with Crippen LogP contribution in [0.2, 0.25) is 0 Å². The fraction of sp³-hybridized carbons (Fsp3) is 0.375.